The van der Waals surface area contributed by atoms with Crippen molar-refractivity contribution in [3.63, 3.8) is 0 Å². The molecule has 1 heterocycles. The number of benzene rings is 3. The number of rotatable bonds is 7. The van der Waals surface area contributed by atoms with Gasteiger partial charge in [-0.15, -0.1) is 0 Å². The lowest BCUT2D eigenvalue weighted by Crippen LogP contribution is -2.33. The SMILES string of the molecule is COc1ccc(S(=O)(=O)N2CCCCCC2)cc1C(=O)N[C@@H](c1ccccc1)c1ccccc1C. The van der Waals surface area contributed by atoms with Crippen LogP contribution in [0, 0.1) is 6.92 Å². The third-order valence-electron chi connectivity index (χ3n) is 6.53. The molecule has 0 bridgehead atoms. The van der Waals surface area contributed by atoms with Gasteiger partial charge in [0.2, 0.25) is 10.0 Å². The number of hydrogen-bond acceptors (Lipinski definition) is 4. The average Bonchev–Trinajstić information content (AvgIpc) is 3.18. The molecule has 1 aliphatic rings. The lowest BCUT2D eigenvalue weighted by Gasteiger charge is -2.23. The molecule has 0 spiro atoms. The predicted molar refractivity (Wildman–Crippen MR) is 137 cm³/mol. The topological polar surface area (TPSA) is 75.7 Å². The quantitative estimate of drug-likeness (QED) is 0.499. The normalized spacial score (nSPS) is 15.7. The second kappa shape index (κ2) is 11.1. The first-order valence-corrected chi connectivity index (χ1v) is 13.5. The molecule has 1 aliphatic heterocycles. The molecule has 1 N–H and O–H groups in total. The van der Waals surface area contributed by atoms with Crippen molar-refractivity contribution in [2.45, 2.75) is 43.5 Å². The van der Waals surface area contributed by atoms with E-state index in [0.717, 1.165) is 42.4 Å². The van der Waals surface area contributed by atoms with E-state index < -0.39 is 22.0 Å². The first-order valence-electron chi connectivity index (χ1n) is 12.0. The number of hydrogen-bond donors (Lipinski definition) is 1. The summed E-state index contributed by atoms with van der Waals surface area (Å²) in [6.07, 6.45) is 3.75. The zero-order valence-corrected chi connectivity index (χ0v) is 21.1. The fourth-order valence-electron chi connectivity index (χ4n) is 4.56. The van der Waals surface area contributed by atoms with E-state index in [1.807, 2.05) is 61.5 Å². The van der Waals surface area contributed by atoms with E-state index in [1.54, 1.807) is 6.07 Å². The van der Waals surface area contributed by atoms with E-state index in [2.05, 4.69) is 5.32 Å². The molecule has 3 aromatic carbocycles. The summed E-state index contributed by atoms with van der Waals surface area (Å²) < 4.78 is 33.7. The third kappa shape index (κ3) is 5.57. The maximum Gasteiger partial charge on any atom is 0.255 e. The van der Waals surface area contributed by atoms with Crippen LogP contribution in [0.25, 0.3) is 0 Å². The lowest BCUT2D eigenvalue weighted by atomic mass is 9.94. The number of nitrogens with zero attached hydrogens (tertiary/aromatic N) is 1. The predicted octanol–water partition coefficient (Wildman–Crippen LogP) is 5.09. The second-order valence-corrected chi connectivity index (χ2v) is 10.8. The van der Waals surface area contributed by atoms with E-state index in [-0.39, 0.29) is 10.5 Å². The number of carbonyl (C=O) groups is 1. The fourth-order valence-corrected chi connectivity index (χ4v) is 6.11. The van der Waals surface area contributed by atoms with E-state index in [4.69, 9.17) is 4.74 Å². The number of amides is 1. The van der Waals surface area contributed by atoms with Crippen molar-refractivity contribution in [2.75, 3.05) is 20.2 Å². The highest BCUT2D eigenvalue weighted by Gasteiger charge is 2.28. The minimum absolute atomic E-state index is 0.109. The van der Waals surface area contributed by atoms with Gasteiger partial charge in [0.25, 0.3) is 5.91 Å². The van der Waals surface area contributed by atoms with Crippen LogP contribution in [0.15, 0.2) is 77.7 Å². The Bertz CT molecular complexity index is 1270. The van der Waals surface area contributed by atoms with Gasteiger partial charge < -0.3 is 10.1 Å². The molecule has 184 valence electrons. The zero-order chi connectivity index (χ0) is 24.8. The number of sulfonamides is 1. The number of carbonyl (C=O) groups excluding carboxylic acids is 1. The Morgan fingerprint density at radius 1 is 0.914 bits per heavy atom. The standard InChI is InChI=1S/C28H32N2O4S/c1-21-12-8-9-15-24(21)27(22-13-6-5-7-14-22)29-28(31)25-20-23(16-17-26(25)34-2)35(32,33)30-18-10-3-4-11-19-30/h5-9,12-17,20,27H,3-4,10-11,18-19H2,1-2H3,(H,29,31)/t27-/m0/s1. The minimum atomic E-state index is -3.71. The summed E-state index contributed by atoms with van der Waals surface area (Å²) in [5.41, 5.74) is 3.14. The number of nitrogens with one attached hydrogen (secondary N) is 1. The van der Waals surface area contributed by atoms with Gasteiger partial charge in [0, 0.05) is 13.1 Å². The average molecular weight is 493 g/mol. The minimum Gasteiger partial charge on any atom is -0.496 e. The molecule has 6 nitrogen and oxygen atoms in total. The summed E-state index contributed by atoms with van der Waals surface area (Å²) >= 11 is 0. The lowest BCUT2D eigenvalue weighted by molar-refractivity contribution is 0.0939. The summed E-state index contributed by atoms with van der Waals surface area (Å²) in [4.78, 5) is 13.7. The molecule has 0 unspecified atom stereocenters. The van der Waals surface area contributed by atoms with E-state index in [0.29, 0.717) is 18.8 Å². The molecule has 1 atom stereocenters. The Hall–Kier alpha value is -3.16. The van der Waals surface area contributed by atoms with Crippen molar-refractivity contribution in [3.05, 3.63) is 95.1 Å². The largest absolute Gasteiger partial charge is 0.496 e. The number of ether oxygens (including phenoxy) is 1. The van der Waals surface area contributed by atoms with Crippen molar-refractivity contribution in [1.82, 2.24) is 9.62 Å². The molecule has 1 fully saturated rings. The highest BCUT2D eigenvalue weighted by atomic mass is 32.2. The van der Waals surface area contributed by atoms with Gasteiger partial charge in [-0.05, 0) is 54.7 Å². The number of aryl methyl sites for hydroxylation is 1. The Kier molecular flexibility index (Phi) is 7.88. The molecule has 4 rings (SSSR count). The first kappa shape index (κ1) is 24.9. The van der Waals surface area contributed by atoms with Crippen molar-refractivity contribution in [3.8, 4) is 5.75 Å². The molecule has 7 heteroatoms. The van der Waals surface area contributed by atoms with Gasteiger partial charge in [0.1, 0.15) is 5.75 Å². The van der Waals surface area contributed by atoms with Crippen LogP contribution in [-0.2, 0) is 10.0 Å². The molecule has 1 amide bonds. The smallest absolute Gasteiger partial charge is 0.255 e. The van der Waals surface area contributed by atoms with Gasteiger partial charge in [0.05, 0.1) is 23.6 Å². The second-order valence-electron chi connectivity index (χ2n) is 8.85. The molecule has 0 aromatic heterocycles. The molecule has 0 radical (unpaired) electrons. The van der Waals surface area contributed by atoms with Gasteiger partial charge in [-0.25, -0.2) is 8.42 Å². The molecule has 0 saturated carbocycles. The fraction of sp³-hybridized carbons (Fsp3) is 0.321. The summed E-state index contributed by atoms with van der Waals surface area (Å²) in [6, 6.07) is 21.7. The summed E-state index contributed by atoms with van der Waals surface area (Å²) in [7, 11) is -2.23. The van der Waals surface area contributed by atoms with Crippen LogP contribution in [0.1, 0.15) is 58.8 Å². The van der Waals surface area contributed by atoms with Crippen LogP contribution in [0.2, 0.25) is 0 Å². The molecule has 1 saturated heterocycles. The Balaban J connectivity index is 1.70. The zero-order valence-electron chi connectivity index (χ0n) is 20.2. The Labute approximate surface area is 208 Å². The van der Waals surface area contributed by atoms with Crippen molar-refractivity contribution in [2.24, 2.45) is 0 Å². The van der Waals surface area contributed by atoms with Crippen LogP contribution in [-0.4, -0.2) is 38.8 Å². The summed E-state index contributed by atoms with van der Waals surface area (Å²) in [5, 5.41) is 3.12. The van der Waals surface area contributed by atoms with Crippen LogP contribution in [0.4, 0.5) is 0 Å². The van der Waals surface area contributed by atoms with Crippen molar-refractivity contribution >= 4 is 15.9 Å². The molecular formula is C28H32N2O4S. The third-order valence-corrected chi connectivity index (χ3v) is 8.42. The van der Waals surface area contributed by atoms with E-state index in [9.17, 15) is 13.2 Å². The molecule has 35 heavy (non-hydrogen) atoms. The van der Waals surface area contributed by atoms with Gasteiger partial charge >= 0.3 is 0 Å². The first-order chi connectivity index (χ1) is 16.9. The highest BCUT2D eigenvalue weighted by molar-refractivity contribution is 7.89. The van der Waals surface area contributed by atoms with E-state index in [1.165, 1.54) is 23.5 Å². The number of methoxy groups -OCH3 is 1. The van der Waals surface area contributed by atoms with Gasteiger partial charge in [-0.3, -0.25) is 4.79 Å². The monoisotopic (exact) mass is 492 g/mol. The highest BCUT2D eigenvalue weighted by Crippen LogP contribution is 2.29. The van der Waals surface area contributed by atoms with Gasteiger partial charge in [-0.1, -0.05) is 67.4 Å². The summed E-state index contributed by atoms with van der Waals surface area (Å²) in [6.45, 7) is 3.00. The van der Waals surface area contributed by atoms with E-state index >= 15 is 0 Å². The van der Waals surface area contributed by atoms with Crippen LogP contribution in [0.5, 0.6) is 5.75 Å². The maximum absolute atomic E-state index is 13.6. The Morgan fingerprint density at radius 2 is 1.57 bits per heavy atom. The molecule has 3 aromatic rings. The van der Waals surface area contributed by atoms with Crippen molar-refractivity contribution < 1.29 is 17.9 Å². The molecular weight excluding hydrogens is 460 g/mol. The van der Waals surface area contributed by atoms with Gasteiger partial charge in [0.15, 0.2) is 0 Å². The molecule has 0 aliphatic carbocycles. The van der Waals surface area contributed by atoms with Gasteiger partial charge in [-0.2, -0.15) is 4.31 Å². The maximum atomic E-state index is 13.6. The Morgan fingerprint density at radius 3 is 2.23 bits per heavy atom. The van der Waals surface area contributed by atoms with Crippen LogP contribution < -0.4 is 10.1 Å². The summed E-state index contributed by atoms with van der Waals surface area (Å²) in [5.74, 6) is -0.0687. The van der Waals surface area contributed by atoms with Crippen LogP contribution >= 0.6 is 0 Å². The van der Waals surface area contributed by atoms with Crippen molar-refractivity contribution in [1.29, 1.82) is 0 Å². The van der Waals surface area contributed by atoms with Crippen LogP contribution in [0.3, 0.4) is 0 Å².